The molecule has 0 spiro atoms. The molecule has 0 aliphatic carbocycles. The zero-order chi connectivity index (χ0) is 16.2. The van der Waals surface area contributed by atoms with Crippen LogP contribution in [-0.2, 0) is 5.75 Å². The van der Waals surface area contributed by atoms with Gasteiger partial charge in [-0.3, -0.25) is 4.79 Å². The van der Waals surface area contributed by atoms with Gasteiger partial charge in [0.1, 0.15) is 11.5 Å². The van der Waals surface area contributed by atoms with Gasteiger partial charge in [-0.15, -0.1) is 0 Å². The minimum Gasteiger partial charge on any atom is -0.464 e. The number of nitrogens with zero attached hydrogens (tertiary/aromatic N) is 2. The van der Waals surface area contributed by atoms with E-state index in [0.717, 1.165) is 5.56 Å². The summed E-state index contributed by atoms with van der Waals surface area (Å²) in [6.45, 7) is 9.21. The van der Waals surface area contributed by atoms with E-state index in [1.54, 1.807) is 12.1 Å². The molecular weight excluding hydrogens is 310 g/mol. The summed E-state index contributed by atoms with van der Waals surface area (Å²) in [5, 5.41) is 0.468. The fraction of sp³-hybridized carbons (Fsp3) is 0.118. The Hall–Kier alpha value is -2.78. The van der Waals surface area contributed by atoms with Crippen molar-refractivity contribution in [3.63, 3.8) is 0 Å². The van der Waals surface area contributed by atoms with Gasteiger partial charge in [-0.1, -0.05) is 41.6 Å². The number of furan rings is 1. The average Bonchev–Trinajstić information content (AvgIpc) is 3.07. The van der Waals surface area contributed by atoms with Crippen LogP contribution < -0.4 is 5.56 Å². The molecule has 114 valence electrons. The number of aromatic amines is 1. The standard InChI is InChI=1S/C17H13N3O2S/c1-11-5-3-6-12(9-11)10-23-17-19-14(13-7-4-8-22-13)15(18-2)16(21)20-17/h3-9H,10H2,1H3,(H,19,20,21). The predicted molar refractivity (Wildman–Crippen MR) is 89.6 cm³/mol. The second-order valence-corrected chi connectivity index (χ2v) is 5.90. The van der Waals surface area contributed by atoms with Crippen LogP contribution in [0, 0.1) is 13.5 Å². The van der Waals surface area contributed by atoms with E-state index in [-0.39, 0.29) is 11.4 Å². The fourth-order valence-corrected chi connectivity index (χ4v) is 2.96. The molecule has 0 saturated heterocycles. The van der Waals surface area contributed by atoms with Crippen LogP contribution in [0.15, 0.2) is 57.0 Å². The minimum atomic E-state index is -0.451. The first kappa shape index (κ1) is 15.1. The third-order valence-electron chi connectivity index (χ3n) is 3.20. The molecule has 0 atom stereocenters. The van der Waals surface area contributed by atoms with E-state index in [1.165, 1.54) is 23.6 Å². The molecule has 0 unspecified atom stereocenters. The van der Waals surface area contributed by atoms with Gasteiger partial charge in [0.05, 0.1) is 12.8 Å². The Bertz CT molecular complexity index is 924. The van der Waals surface area contributed by atoms with Crippen molar-refractivity contribution in [1.29, 1.82) is 0 Å². The van der Waals surface area contributed by atoms with Crippen molar-refractivity contribution in [3.05, 3.63) is 75.6 Å². The molecule has 3 rings (SSSR count). The Morgan fingerprint density at radius 3 is 2.91 bits per heavy atom. The first-order chi connectivity index (χ1) is 11.2. The Morgan fingerprint density at radius 2 is 2.22 bits per heavy atom. The van der Waals surface area contributed by atoms with Gasteiger partial charge in [-0.05, 0) is 24.6 Å². The average molecular weight is 323 g/mol. The van der Waals surface area contributed by atoms with Crippen LogP contribution in [0.5, 0.6) is 0 Å². The van der Waals surface area contributed by atoms with E-state index < -0.39 is 5.56 Å². The van der Waals surface area contributed by atoms with E-state index in [4.69, 9.17) is 11.0 Å². The molecule has 0 aliphatic rings. The van der Waals surface area contributed by atoms with Crippen LogP contribution in [0.25, 0.3) is 16.3 Å². The Balaban J connectivity index is 1.92. The van der Waals surface area contributed by atoms with E-state index in [2.05, 4.69) is 20.9 Å². The van der Waals surface area contributed by atoms with Gasteiger partial charge < -0.3 is 9.40 Å². The number of H-pyrrole nitrogens is 1. The Morgan fingerprint density at radius 1 is 1.35 bits per heavy atom. The second-order valence-electron chi connectivity index (χ2n) is 4.94. The normalized spacial score (nSPS) is 10.4. The third kappa shape index (κ3) is 3.35. The van der Waals surface area contributed by atoms with Gasteiger partial charge in [0.15, 0.2) is 5.16 Å². The lowest BCUT2D eigenvalue weighted by Crippen LogP contribution is -2.09. The molecule has 5 nitrogen and oxygen atoms in total. The number of rotatable bonds is 4. The van der Waals surface area contributed by atoms with Crippen molar-refractivity contribution >= 4 is 17.4 Å². The van der Waals surface area contributed by atoms with Crippen LogP contribution in [0.3, 0.4) is 0 Å². The first-order valence-electron chi connectivity index (χ1n) is 6.91. The van der Waals surface area contributed by atoms with Gasteiger partial charge in [-0.25, -0.2) is 9.83 Å². The van der Waals surface area contributed by atoms with Gasteiger partial charge in [0, 0.05) is 5.75 Å². The molecule has 3 aromatic rings. The van der Waals surface area contributed by atoms with Crippen molar-refractivity contribution in [2.45, 2.75) is 17.8 Å². The van der Waals surface area contributed by atoms with Gasteiger partial charge in [0.25, 0.3) is 11.2 Å². The largest absolute Gasteiger partial charge is 0.464 e. The maximum Gasteiger partial charge on any atom is 0.279 e. The quantitative estimate of drug-likeness (QED) is 0.444. The molecule has 0 fully saturated rings. The smallest absolute Gasteiger partial charge is 0.279 e. The maximum absolute atomic E-state index is 12.1. The summed E-state index contributed by atoms with van der Waals surface area (Å²) in [6.07, 6.45) is 1.49. The minimum absolute atomic E-state index is 0.0557. The van der Waals surface area contributed by atoms with E-state index in [1.807, 2.05) is 25.1 Å². The zero-order valence-corrected chi connectivity index (χ0v) is 13.2. The van der Waals surface area contributed by atoms with Crippen molar-refractivity contribution in [2.24, 2.45) is 0 Å². The molecular formula is C17H13N3O2S. The molecule has 0 aliphatic heterocycles. The lowest BCUT2D eigenvalue weighted by atomic mass is 10.2. The zero-order valence-electron chi connectivity index (χ0n) is 12.4. The van der Waals surface area contributed by atoms with Crippen molar-refractivity contribution < 1.29 is 4.42 Å². The highest BCUT2D eigenvalue weighted by atomic mass is 32.2. The number of thioether (sulfide) groups is 1. The maximum atomic E-state index is 12.1. The molecule has 0 saturated carbocycles. The SMILES string of the molecule is [C-]#[N+]c1c(-c2ccco2)nc(SCc2cccc(C)c2)[nH]c1=O. The molecule has 1 N–H and O–H groups in total. The summed E-state index contributed by atoms with van der Waals surface area (Å²) < 4.78 is 5.28. The van der Waals surface area contributed by atoms with Crippen LogP contribution >= 0.6 is 11.8 Å². The molecule has 2 heterocycles. The molecule has 1 aromatic carbocycles. The number of benzene rings is 1. The van der Waals surface area contributed by atoms with E-state index >= 15 is 0 Å². The second kappa shape index (κ2) is 6.55. The Labute approximate surface area is 137 Å². The van der Waals surface area contributed by atoms with Gasteiger partial charge in [0.2, 0.25) is 0 Å². The summed E-state index contributed by atoms with van der Waals surface area (Å²) in [6, 6.07) is 11.5. The summed E-state index contributed by atoms with van der Waals surface area (Å²) in [5.74, 6) is 1.10. The van der Waals surface area contributed by atoms with Crippen LogP contribution in [0.4, 0.5) is 5.69 Å². The van der Waals surface area contributed by atoms with Crippen molar-refractivity contribution in [1.82, 2.24) is 9.97 Å². The summed E-state index contributed by atoms with van der Waals surface area (Å²) in [4.78, 5) is 22.4. The molecule has 0 amide bonds. The van der Waals surface area contributed by atoms with Crippen LogP contribution in [0.1, 0.15) is 11.1 Å². The number of nitrogens with one attached hydrogen (secondary N) is 1. The number of hydrogen-bond donors (Lipinski definition) is 1. The monoisotopic (exact) mass is 323 g/mol. The summed E-state index contributed by atoms with van der Waals surface area (Å²) in [7, 11) is 0. The fourth-order valence-electron chi connectivity index (χ4n) is 2.16. The lowest BCUT2D eigenvalue weighted by Gasteiger charge is -2.05. The summed E-state index contributed by atoms with van der Waals surface area (Å²) in [5.41, 5.74) is 2.10. The van der Waals surface area contributed by atoms with Crippen LogP contribution in [-0.4, -0.2) is 9.97 Å². The molecule has 0 bridgehead atoms. The van der Waals surface area contributed by atoms with Crippen molar-refractivity contribution in [3.8, 4) is 11.5 Å². The van der Waals surface area contributed by atoms with E-state index in [9.17, 15) is 4.79 Å². The molecule has 0 radical (unpaired) electrons. The topological polar surface area (TPSA) is 63.2 Å². The first-order valence-corrected chi connectivity index (χ1v) is 7.90. The third-order valence-corrected chi connectivity index (χ3v) is 4.14. The number of hydrogen-bond acceptors (Lipinski definition) is 4. The lowest BCUT2D eigenvalue weighted by molar-refractivity contribution is 0.579. The van der Waals surface area contributed by atoms with Gasteiger partial charge >= 0.3 is 0 Å². The van der Waals surface area contributed by atoms with Crippen LogP contribution in [0.2, 0.25) is 0 Å². The van der Waals surface area contributed by atoms with E-state index in [0.29, 0.717) is 16.7 Å². The van der Waals surface area contributed by atoms with Gasteiger partial charge in [-0.2, -0.15) is 0 Å². The highest BCUT2D eigenvalue weighted by Crippen LogP contribution is 2.28. The number of aryl methyl sites for hydroxylation is 1. The Kier molecular flexibility index (Phi) is 4.31. The highest BCUT2D eigenvalue weighted by molar-refractivity contribution is 7.98. The molecule has 2 aromatic heterocycles. The summed E-state index contributed by atoms with van der Waals surface area (Å²) >= 11 is 1.42. The molecule has 6 heteroatoms. The van der Waals surface area contributed by atoms with Crippen molar-refractivity contribution in [2.75, 3.05) is 0 Å². The predicted octanol–water partition coefficient (Wildman–Crippen LogP) is 4.18. The highest BCUT2D eigenvalue weighted by Gasteiger charge is 2.16. The number of aromatic nitrogens is 2. The molecule has 23 heavy (non-hydrogen) atoms.